The summed E-state index contributed by atoms with van der Waals surface area (Å²) in [6.45, 7) is 11.2. The van der Waals surface area contributed by atoms with Gasteiger partial charge >= 0.3 is 5.97 Å². The fourth-order valence-corrected chi connectivity index (χ4v) is 5.86. The van der Waals surface area contributed by atoms with E-state index in [2.05, 4.69) is 33.9 Å². The molecular formula is C20H27NO4SSi. The maximum atomic E-state index is 13.0. The number of carboxylic acids is 1. The highest BCUT2D eigenvalue weighted by Crippen LogP contribution is 2.56. The largest absolute Gasteiger partial charge is 0.477 e. The van der Waals surface area contributed by atoms with Gasteiger partial charge in [0, 0.05) is 17.4 Å². The molecule has 1 unspecified atom stereocenters. The molecule has 1 saturated heterocycles. The second-order valence-corrected chi connectivity index (χ2v) is 12.0. The van der Waals surface area contributed by atoms with Crippen LogP contribution >= 0.6 is 11.8 Å². The quantitative estimate of drug-likeness (QED) is 0.578. The van der Waals surface area contributed by atoms with E-state index in [9.17, 15) is 14.7 Å². The molecule has 0 saturated carbocycles. The highest BCUT2D eigenvalue weighted by Gasteiger charge is 2.60. The van der Waals surface area contributed by atoms with E-state index >= 15 is 0 Å². The van der Waals surface area contributed by atoms with E-state index in [0.717, 1.165) is 5.56 Å². The number of benzene rings is 1. The maximum absolute atomic E-state index is 13.0. The Hall–Kier alpha value is -1.57. The summed E-state index contributed by atoms with van der Waals surface area (Å²) in [5, 5.41) is 9.60. The van der Waals surface area contributed by atoms with Crippen molar-refractivity contribution in [3.05, 3.63) is 41.6 Å². The van der Waals surface area contributed by atoms with Crippen molar-refractivity contribution in [3.8, 4) is 0 Å². The number of aliphatic carboxylic acids is 1. The van der Waals surface area contributed by atoms with E-state index in [1.54, 1.807) is 0 Å². The molecule has 0 aromatic heterocycles. The lowest BCUT2D eigenvalue weighted by Gasteiger charge is -2.49. The zero-order chi connectivity index (χ0) is 19.9. The summed E-state index contributed by atoms with van der Waals surface area (Å²) in [5.41, 5.74) is 0.859. The maximum Gasteiger partial charge on any atom is 0.353 e. The van der Waals surface area contributed by atoms with Gasteiger partial charge in [0.1, 0.15) is 5.70 Å². The van der Waals surface area contributed by atoms with Crippen LogP contribution < -0.4 is 0 Å². The molecule has 3 atom stereocenters. The van der Waals surface area contributed by atoms with Crippen LogP contribution in [-0.4, -0.2) is 42.9 Å². The molecular weight excluding hydrogens is 378 g/mol. The average Bonchev–Trinajstić information content (AvgIpc) is 2.94. The lowest BCUT2D eigenvalue weighted by Crippen LogP contribution is -2.62. The second kappa shape index (κ2) is 7.45. The van der Waals surface area contributed by atoms with Crippen molar-refractivity contribution >= 4 is 37.6 Å². The zero-order valence-electron chi connectivity index (χ0n) is 16.4. The molecule has 0 aliphatic carbocycles. The number of hydrogen-bond acceptors (Lipinski definition) is 4. The molecule has 2 heterocycles. The summed E-state index contributed by atoms with van der Waals surface area (Å²) < 4.78 is 6.00. The standard InChI is InChI=1S/C20H27NO4SSi/c1-20(2,3)13(11-25-27(4)5)14-17(22)21-15(19(23)24)16(26-18(14)21)12-9-7-6-8-10-12/h6-10,13-14,18,27H,11H2,1-5H3,(H,23,24)/t13-,14+,18?/m1/s1. The van der Waals surface area contributed by atoms with Gasteiger partial charge in [0.25, 0.3) is 0 Å². The number of thioether (sulfide) groups is 1. The smallest absolute Gasteiger partial charge is 0.353 e. The van der Waals surface area contributed by atoms with Crippen molar-refractivity contribution in [1.82, 2.24) is 4.90 Å². The van der Waals surface area contributed by atoms with Crippen LogP contribution in [0.1, 0.15) is 26.3 Å². The van der Waals surface area contributed by atoms with Gasteiger partial charge in [-0.05, 0) is 24.1 Å². The third kappa shape index (κ3) is 3.73. The number of nitrogens with zero attached hydrogens (tertiary/aromatic N) is 1. The minimum absolute atomic E-state index is 0.0545. The van der Waals surface area contributed by atoms with Crippen LogP contribution in [-0.2, 0) is 14.0 Å². The Morgan fingerprint density at radius 3 is 2.44 bits per heavy atom. The first-order valence-electron chi connectivity index (χ1n) is 9.27. The van der Waals surface area contributed by atoms with Gasteiger partial charge in [0.2, 0.25) is 5.91 Å². The Balaban J connectivity index is 1.91. The summed E-state index contributed by atoms with van der Waals surface area (Å²) in [6.07, 6.45) is 0. The fourth-order valence-electron chi connectivity index (χ4n) is 3.69. The Morgan fingerprint density at radius 1 is 1.30 bits per heavy atom. The van der Waals surface area contributed by atoms with Crippen molar-refractivity contribution < 1.29 is 19.1 Å². The van der Waals surface area contributed by atoms with Gasteiger partial charge < -0.3 is 9.53 Å². The van der Waals surface area contributed by atoms with Gasteiger partial charge in [-0.15, -0.1) is 0 Å². The van der Waals surface area contributed by atoms with Crippen LogP contribution in [0, 0.1) is 17.3 Å². The summed E-state index contributed by atoms with van der Waals surface area (Å²) >= 11 is 1.50. The number of carbonyl (C=O) groups excluding carboxylic acids is 1. The van der Waals surface area contributed by atoms with E-state index in [4.69, 9.17) is 4.43 Å². The Morgan fingerprint density at radius 2 is 1.93 bits per heavy atom. The molecule has 0 bridgehead atoms. The topological polar surface area (TPSA) is 66.8 Å². The van der Waals surface area contributed by atoms with Gasteiger partial charge in [-0.1, -0.05) is 62.9 Å². The van der Waals surface area contributed by atoms with Crippen LogP contribution in [0.3, 0.4) is 0 Å². The van der Waals surface area contributed by atoms with Crippen molar-refractivity contribution in [3.63, 3.8) is 0 Å². The molecule has 1 aromatic carbocycles. The number of carbonyl (C=O) groups is 2. The molecule has 2 aliphatic heterocycles. The first kappa shape index (κ1) is 20.2. The molecule has 1 amide bonds. The van der Waals surface area contributed by atoms with Crippen molar-refractivity contribution in [2.75, 3.05) is 6.61 Å². The molecule has 5 nitrogen and oxygen atoms in total. The number of β-lactam (4-membered cyclic amide) rings is 1. The molecule has 1 aromatic rings. The Kier molecular flexibility index (Phi) is 5.56. The molecule has 27 heavy (non-hydrogen) atoms. The summed E-state index contributed by atoms with van der Waals surface area (Å²) in [5.74, 6) is -1.31. The summed E-state index contributed by atoms with van der Waals surface area (Å²) in [7, 11) is -1.20. The number of amides is 1. The van der Waals surface area contributed by atoms with E-state index in [1.807, 2.05) is 30.3 Å². The first-order valence-corrected chi connectivity index (χ1v) is 12.9. The molecule has 1 N–H and O–H groups in total. The normalized spacial score (nSPS) is 23.5. The first-order chi connectivity index (χ1) is 12.6. The highest BCUT2D eigenvalue weighted by molar-refractivity contribution is 8.09. The molecule has 3 rings (SSSR count). The molecule has 146 valence electrons. The van der Waals surface area contributed by atoms with Crippen molar-refractivity contribution in [1.29, 1.82) is 0 Å². The van der Waals surface area contributed by atoms with Crippen LogP contribution in [0.5, 0.6) is 0 Å². The Bertz CT molecular complexity index is 772. The van der Waals surface area contributed by atoms with E-state index in [-0.39, 0.29) is 34.2 Å². The van der Waals surface area contributed by atoms with Crippen molar-refractivity contribution in [2.24, 2.45) is 17.3 Å². The van der Waals surface area contributed by atoms with Gasteiger partial charge in [0.15, 0.2) is 9.04 Å². The summed E-state index contributed by atoms with van der Waals surface area (Å²) in [6, 6.07) is 9.46. The SMILES string of the molecule is C[SiH](C)OC[C@H]([C@H]1C(=O)N2C(C(=O)O)=C(c3ccccc3)SC12)C(C)(C)C. The van der Waals surface area contributed by atoms with E-state index < -0.39 is 15.0 Å². The van der Waals surface area contributed by atoms with Crippen molar-refractivity contribution in [2.45, 2.75) is 39.2 Å². The molecule has 2 aliphatic rings. The van der Waals surface area contributed by atoms with Gasteiger partial charge in [-0.25, -0.2) is 4.79 Å². The number of carboxylic acid groups (broad SMARTS) is 1. The predicted octanol–water partition coefficient (Wildman–Crippen LogP) is 3.63. The fraction of sp³-hybridized carbons (Fsp3) is 0.500. The number of hydrogen-bond donors (Lipinski definition) is 1. The zero-order valence-corrected chi connectivity index (χ0v) is 18.4. The molecule has 0 spiro atoms. The van der Waals surface area contributed by atoms with E-state index in [1.165, 1.54) is 16.7 Å². The lowest BCUT2D eigenvalue weighted by molar-refractivity contribution is -0.158. The lowest BCUT2D eigenvalue weighted by atomic mass is 9.70. The predicted molar refractivity (Wildman–Crippen MR) is 110 cm³/mol. The average molecular weight is 406 g/mol. The monoisotopic (exact) mass is 405 g/mol. The third-order valence-electron chi connectivity index (χ3n) is 5.17. The van der Waals surface area contributed by atoms with Crippen LogP contribution in [0.15, 0.2) is 36.0 Å². The van der Waals surface area contributed by atoms with E-state index in [0.29, 0.717) is 11.5 Å². The van der Waals surface area contributed by atoms with Crippen LogP contribution in [0.4, 0.5) is 0 Å². The molecule has 1 fully saturated rings. The minimum atomic E-state index is -1.20. The van der Waals surface area contributed by atoms with Gasteiger partial charge in [-0.2, -0.15) is 0 Å². The van der Waals surface area contributed by atoms with Crippen LogP contribution in [0.25, 0.3) is 4.91 Å². The summed E-state index contributed by atoms with van der Waals surface area (Å²) in [4.78, 5) is 27.1. The van der Waals surface area contributed by atoms with Crippen LogP contribution in [0.2, 0.25) is 13.1 Å². The second-order valence-electron chi connectivity index (χ2n) is 8.45. The number of fused-ring (bicyclic) bond motifs is 1. The molecule has 0 radical (unpaired) electrons. The number of rotatable bonds is 6. The van der Waals surface area contributed by atoms with Gasteiger partial charge in [-0.3, -0.25) is 9.69 Å². The van der Waals surface area contributed by atoms with Gasteiger partial charge in [0.05, 0.1) is 11.3 Å². The third-order valence-corrected chi connectivity index (χ3v) is 7.44. The Labute approximate surface area is 166 Å². The highest BCUT2D eigenvalue weighted by atomic mass is 32.2. The minimum Gasteiger partial charge on any atom is -0.477 e. The molecule has 7 heteroatoms.